The van der Waals surface area contributed by atoms with Gasteiger partial charge < -0.3 is 20.2 Å². The second kappa shape index (κ2) is 15.4. The Labute approximate surface area is 286 Å². The minimum atomic E-state index is -0.919. The van der Waals surface area contributed by atoms with Crippen LogP contribution in [0.3, 0.4) is 0 Å². The molecule has 0 bridgehead atoms. The summed E-state index contributed by atoms with van der Waals surface area (Å²) in [4.78, 5) is 40.2. The summed E-state index contributed by atoms with van der Waals surface area (Å²) in [5.74, 6) is -0.307. The molecule has 2 aromatic carbocycles. The van der Waals surface area contributed by atoms with Crippen molar-refractivity contribution in [2.75, 3.05) is 25.5 Å². The molecule has 0 unspecified atom stereocenters. The van der Waals surface area contributed by atoms with Crippen molar-refractivity contribution in [3.8, 4) is 11.1 Å². The van der Waals surface area contributed by atoms with Crippen molar-refractivity contribution in [1.82, 2.24) is 30.0 Å². The van der Waals surface area contributed by atoms with Gasteiger partial charge in [-0.25, -0.2) is 4.98 Å². The van der Waals surface area contributed by atoms with Gasteiger partial charge in [-0.1, -0.05) is 44.2 Å². The number of thiazole rings is 1. The van der Waals surface area contributed by atoms with E-state index in [4.69, 9.17) is 0 Å². The number of carbonyl (C=O) groups is 2. The molecule has 0 fully saturated rings. The van der Waals surface area contributed by atoms with Crippen LogP contribution in [0.1, 0.15) is 62.3 Å². The van der Waals surface area contributed by atoms with Crippen LogP contribution in [-0.2, 0) is 20.0 Å². The fraction of sp³-hybridized carbons (Fsp3) is 0.324. The first-order valence-electron chi connectivity index (χ1n) is 16.0. The molecule has 48 heavy (non-hydrogen) atoms. The number of carbonyl (C=O) groups excluding carboxylic acids is 2. The van der Waals surface area contributed by atoms with Gasteiger partial charge in [-0.2, -0.15) is 5.10 Å². The number of likely N-dealkylation sites (N-methyl/N-ethyl adjacent to an activating group) is 1. The van der Waals surface area contributed by atoms with Crippen molar-refractivity contribution in [1.29, 1.82) is 0 Å². The fourth-order valence-electron chi connectivity index (χ4n) is 5.48. The molecule has 2 N–H and O–H groups in total. The van der Waals surface area contributed by atoms with Crippen LogP contribution in [0.25, 0.3) is 11.1 Å². The van der Waals surface area contributed by atoms with Crippen molar-refractivity contribution < 1.29 is 14.7 Å². The first-order valence-corrected chi connectivity index (χ1v) is 16.8. The highest BCUT2D eigenvalue weighted by Crippen LogP contribution is 2.25. The van der Waals surface area contributed by atoms with Crippen molar-refractivity contribution in [3.63, 3.8) is 0 Å². The quantitative estimate of drug-likeness (QED) is 0.171. The van der Waals surface area contributed by atoms with E-state index in [9.17, 15) is 14.7 Å². The Hall–Kier alpha value is -4.87. The molecule has 11 heteroatoms. The molecule has 3 heterocycles. The van der Waals surface area contributed by atoms with Crippen LogP contribution in [0.4, 0.5) is 5.69 Å². The van der Waals surface area contributed by atoms with E-state index in [2.05, 4.69) is 40.3 Å². The molecule has 0 radical (unpaired) electrons. The Morgan fingerprint density at radius 2 is 1.75 bits per heavy atom. The van der Waals surface area contributed by atoms with Crippen molar-refractivity contribution >= 4 is 28.8 Å². The summed E-state index contributed by atoms with van der Waals surface area (Å²) < 4.78 is 1.68. The number of hydrogen-bond acceptors (Lipinski definition) is 8. The predicted molar refractivity (Wildman–Crippen MR) is 190 cm³/mol. The number of anilines is 1. The predicted octanol–water partition coefficient (Wildman–Crippen LogP) is 5.48. The van der Waals surface area contributed by atoms with E-state index >= 15 is 0 Å². The van der Waals surface area contributed by atoms with Gasteiger partial charge in [0.1, 0.15) is 5.01 Å². The number of pyridine rings is 1. The molecule has 0 spiro atoms. The molecule has 250 valence electrons. The summed E-state index contributed by atoms with van der Waals surface area (Å²) >= 11 is 1.51. The standard InChI is InChI=1S/C37H43N7O3S/c1-24(2)30-16-32(19-38-17-30)42(4)21-34(45)33(12-26-10-8-7-9-11-26)41-36(46)28-13-27(31-18-39-44(6)20-31)14-29(15-28)37(47)43(5)22-35-40-25(3)23-48-35/h7-11,13-20,23-24,33-34,45H,12,21-22H2,1-6H3,(H,41,46)/t33-,34+/m0/s1. The van der Waals surface area contributed by atoms with Gasteiger partial charge in [-0.05, 0) is 60.2 Å². The van der Waals surface area contributed by atoms with Crippen molar-refractivity contribution in [2.24, 2.45) is 7.05 Å². The molecule has 0 aliphatic carbocycles. The third-order valence-corrected chi connectivity index (χ3v) is 9.21. The number of nitrogens with one attached hydrogen (secondary N) is 1. The van der Waals surface area contributed by atoms with Crippen LogP contribution < -0.4 is 10.2 Å². The number of hydrogen-bond donors (Lipinski definition) is 2. The van der Waals surface area contributed by atoms with Crippen LogP contribution in [0, 0.1) is 6.92 Å². The van der Waals surface area contributed by atoms with E-state index < -0.39 is 12.1 Å². The zero-order valence-corrected chi connectivity index (χ0v) is 29.1. The second-order valence-electron chi connectivity index (χ2n) is 12.6. The van der Waals surface area contributed by atoms with Gasteiger partial charge in [0.25, 0.3) is 11.8 Å². The highest BCUT2D eigenvalue weighted by Gasteiger charge is 2.26. The van der Waals surface area contributed by atoms with E-state index in [-0.39, 0.29) is 18.4 Å². The molecule has 5 rings (SSSR count). The Morgan fingerprint density at radius 1 is 1.00 bits per heavy atom. The zero-order chi connectivity index (χ0) is 34.4. The Balaban J connectivity index is 1.42. The van der Waals surface area contributed by atoms with Crippen LogP contribution in [-0.4, -0.2) is 74.4 Å². The smallest absolute Gasteiger partial charge is 0.254 e. The lowest BCUT2D eigenvalue weighted by Gasteiger charge is -2.29. The fourth-order valence-corrected chi connectivity index (χ4v) is 6.30. The van der Waals surface area contributed by atoms with E-state index in [0.717, 1.165) is 33.1 Å². The van der Waals surface area contributed by atoms with Crippen molar-refractivity contribution in [3.05, 3.63) is 118 Å². The number of nitrogens with zero attached hydrogens (tertiary/aromatic N) is 6. The first kappa shape index (κ1) is 34.5. The average molecular weight is 666 g/mol. The van der Waals surface area contributed by atoms with Gasteiger partial charge in [0.05, 0.1) is 36.8 Å². The third-order valence-electron chi connectivity index (χ3n) is 8.26. The zero-order valence-electron chi connectivity index (χ0n) is 28.3. The SMILES string of the molecule is Cc1csc(CN(C)C(=O)c2cc(C(=O)N[C@@H](Cc3ccccc3)[C@H](O)CN(C)c3cncc(C(C)C)c3)cc(-c3cnn(C)c3)c2)n1. The van der Waals surface area contributed by atoms with Gasteiger partial charge >= 0.3 is 0 Å². The molecule has 0 saturated heterocycles. The molecular formula is C37H43N7O3S. The highest BCUT2D eigenvalue weighted by molar-refractivity contribution is 7.09. The number of amides is 2. The van der Waals surface area contributed by atoms with E-state index in [1.54, 1.807) is 47.2 Å². The molecule has 3 aromatic heterocycles. The maximum Gasteiger partial charge on any atom is 0.254 e. The summed E-state index contributed by atoms with van der Waals surface area (Å²) in [5, 5.41) is 21.8. The highest BCUT2D eigenvalue weighted by atomic mass is 32.1. The summed E-state index contributed by atoms with van der Waals surface area (Å²) in [6.45, 7) is 6.77. The molecule has 5 aromatic rings. The summed E-state index contributed by atoms with van der Waals surface area (Å²) in [6.07, 6.45) is 6.67. The number of benzene rings is 2. The monoisotopic (exact) mass is 665 g/mol. The van der Waals surface area contributed by atoms with Crippen LogP contribution in [0.5, 0.6) is 0 Å². The summed E-state index contributed by atoms with van der Waals surface area (Å²) in [5.41, 5.74) is 6.03. The lowest BCUT2D eigenvalue weighted by molar-refractivity contribution is 0.0785. The topological polar surface area (TPSA) is 116 Å². The third kappa shape index (κ3) is 8.72. The molecule has 0 aliphatic heterocycles. The first-order chi connectivity index (χ1) is 23.0. The Kier molecular flexibility index (Phi) is 11.0. The van der Waals surface area contributed by atoms with Gasteiger partial charge in [-0.15, -0.1) is 11.3 Å². The van der Waals surface area contributed by atoms with Gasteiger partial charge in [0, 0.05) is 67.8 Å². The van der Waals surface area contributed by atoms with E-state index in [0.29, 0.717) is 35.6 Å². The lowest BCUT2D eigenvalue weighted by Crippen LogP contribution is -2.49. The second-order valence-corrected chi connectivity index (χ2v) is 13.5. The van der Waals surface area contributed by atoms with Crippen molar-refractivity contribution in [2.45, 2.75) is 51.8 Å². The number of rotatable bonds is 13. The summed E-state index contributed by atoms with van der Waals surface area (Å²) in [6, 6.07) is 16.4. The normalized spacial score (nSPS) is 12.5. The van der Waals surface area contributed by atoms with Crippen LogP contribution in [0.15, 0.2) is 84.8 Å². The number of aliphatic hydroxyl groups is 1. The number of aliphatic hydroxyl groups excluding tert-OH is 1. The van der Waals surface area contributed by atoms with E-state index in [1.807, 2.05) is 74.0 Å². The molecule has 0 saturated carbocycles. The molecular weight excluding hydrogens is 623 g/mol. The Bertz CT molecular complexity index is 1850. The average Bonchev–Trinajstić information content (AvgIpc) is 3.71. The Morgan fingerprint density at radius 3 is 2.42 bits per heavy atom. The van der Waals surface area contributed by atoms with Gasteiger partial charge in [0.15, 0.2) is 0 Å². The van der Waals surface area contributed by atoms with Gasteiger partial charge in [-0.3, -0.25) is 19.3 Å². The minimum Gasteiger partial charge on any atom is -0.389 e. The molecule has 2 amide bonds. The number of aryl methyl sites for hydroxylation is 2. The minimum absolute atomic E-state index is 0.234. The maximum atomic E-state index is 14.1. The molecule has 2 atom stereocenters. The molecule has 0 aliphatic rings. The van der Waals surface area contributed by atoms with Crippen LogP contribution in [0.2, 0.25) is 0 Å². The molecule has 10 nitrogen and oxygen atoms in total. The van der Waals surface area contributed by atoms with E-state index in [1.165, 1.54) is 11.3 Å². The summed E-state index contributed by atoms with van der Waals surface area (Å²) in [7, 11) is 5.45. The largest absolute Gasteiger partial charge is 0.389 e. The van der Waals surface area contributed by atoms with Crippen LogP contribution >= 0.6 is 11.3 Å². The lowest BCUT2D eigenvalue weighted by atomic mass is 9.98. The van der Waals surface area contributed by atoms with Gasteiger partial charge in [0.2, 0.25) is 0 Å². The maximum absolute atomic E-state index is 14.1. The number of aromatic nitrogens is 4.